The van der Waals surface area contributed by atoms with Crippen LogP contribution in [0.4, 0.5) is 17.3 Å². The Morgan fingerprint density at radius 3 is 2.62 bits per heavy atom. The molecule has 2 aromatic heterocycles. The molecule has 1 N–H and O–H groups in total. The van der Waals surface area contributed by atoms with Crippen molar-refractivity contribution in [3.05, 3.63) is 36.5 Å². The second-order valence-electron chi connectivity index (χ2n) is 10.2. The highest BCUT2D eigenvalue weighted by Crippen LogP contribution is 2.38. The maximum atomic E-state index is 5.91. The molecule has 1 atom stereocenters. The molecule has 0 amide bonds. The number of benzene rings is 1. The Labute approximate surface area is 236 Å². The largest absolute Gasteiger partial charge is 0.378 e. The minimum atomic E-state index is 0.248. The first kappa shape index (κ1) is 28.2. The number of nitrogens with one attached hydrogen (secondary N) is 1. The van der Waals surface area contributed by atoms with E-state index >= 15 is 0 Å². The highest BCUT2D eigenvalue weighted by molar-refractivity contribution is 5.81. The Balaban J connectivity index is 1.56. The summed E-state index contributed by atoms with van der Waals surface area (Å²) in [5.74, 6) is 2.25. The van der Waals surface area contributed by atoms with Crippen LogP contribution in [0.2, 0.25) is 0 Å². The van der Waals surface area contributed by atoms with Gasteiger partial charge in [-0.3, -0.25) is 14.6 Å². The average molecular weight is 548 g/mol. The monoisotopic (exact) mass is 547 g/mol. The number of anilines is 2. The number of rotatable bonds is 11. The van der Waals surface area contributed by atoms with E-state index in [1.807, 2.05) is 37.1 Å². The van der Waals surface area contributed by atoms with E-state index < -0.39 is 0 Å². The molecule has 0 spiro atoms. The fourth-order valence-corrected chi connectivity index (χ4v) is 5.33. The first-order valence-electron chi connectivity index (χ1n) is 14.1. The molecular weight excluding hydrogens is 506 g/mol. The van der Waals surface area contributed by atoms with Crippen molar-refractivity contribution in [1.82, 2.24) is 30.0 Å². The summed E-state index contributed by atoms with van der Waals surface area (Å²) in [5.41, 5.74) is 3.58. The van der Waals surface area contributed by atoms with Gasteiger partial charge >= 0.3 is 0 Å². The Kier molecular flexibility index (Phi) is 9.38. The number of hydrogen-bond donors (Lipinski definition) is 1. The number of nitrogens with zero attached hydrogens (tertiary/aromatic N) is 8. The van der Waals surface area contributed by atoms with E-state index in [-0.39, 0.29) is 6.04 Å². The van der Waals surface area contributed by atoms with Crippen LogP contribution in [0.15, 0.2) is 41.5 Å². The topological polar surface area (TPSA) is 96.2 Å². The lowest BCUT2D eigenvalue weighted by molar-refractivity contribution is -0.00356. The Hall–Kier alpha value is -3.38. The number of ether oxygens (including phenoxy) is 2. The molecule has 0 bridgehead atoms. The lowest BCUT2D eigenvalue weighted by atomic mass is 10.1. The van der Waals surface area contributed by atoms with E-state index in [0.717, 1.165) is 80.9 Å². The lowest BCUT2D eigenvalue weighted by Gasteiger charge is -2.39. The summed E-state index contributed by atoms with van der Waals surface area (Å²) in [6.07, 6.45) is 1.95. The van der Waals surface area contributed by atoms with Crippen LogP contribution in [0.3, 0.4) is 0 Å². The highest BCUT2D eigenvalue weighted by Gasteiger charge is 2.29. The van der Waals surface area contributed by atoms with Crippen LogP contribution < -0.4 is 15.1 Å². The van der Waals surface area contributed by atoms with Crippen LogP contribution in [-0.4, -0.2) is 117 Å². The second-order valence-corrected chi connectivity index (χ2v) is 10.2. The third-order valence-electron chi connectivity index (χ3n) is 7.56. The first-order chi connectivity index (χ1) is 19.6. The van der Waals surface area contributed by atoms with Gasteiger partial charge in [-0.05, 0) is 32.8 Å². The number of aliphatic imine (C=N–C) groups is 1. The highest BCUT2D eigenvalue weighted by atomic mass is 16.5. The minimum absolute atomic E-state index is 0.248. The summed E-state index contributed by atoms with van der Waals surface area (Å²) < 4.78 is 13.4. The molecular formula is C29H41N9O2. The zero-order chi connectivity index (χ0) is 27.9. The Morgan fingerprint density at radius 1 is 1.10 bits per heavy atom. The van der Waals surface area contributed by atoms with Gasteiger partial charge in [-0.2, -0.15) is 5.10 Å². The zero-order valence-electron chi connectivity index (χ0n) is 23.9. The van der Waals surface area contributed by atoms with Crippen molar-refractivity contribution < 1.29 is 9.47 Å². The van der Waals surface area contributed by atoms with Crippen molar-refractivity contribution in [2.45, 2.75) is 13.0 Å². The van der Waals surface area contributed by atoms with Gasteiger partial charge in [0.1, 0.15) is 5.69 Å². The molecule has 1 aromatic carbocycles. The Bertz CT molecular complexity index is 1270. The van der Waals surface area contributed by atoms with Crippen LogP contribution in [0.25, 0.3) is 22.6 Å². The van der Waals surface area contributed by atoms with Crippen molar-refractivity contribution in [2.75, 3.05) is 89.1 Å². The number of morpholine rings is 2. The summed E-state index contributed by atoms with van der Waals surface area (Å²) in [6.45, 7) is 14.7. The van der Waals surface area contributed by atoms with Crippen LogP contribution in [0, 0.1) is 0 Å². The van der Waals surface area contributed by atoms with Crippen molar-refractivity contribution in [1.29, 1.82) is 0 Å². The molecule has 0 radical (unpaired) electrons. The maximum absolute atomic E-state index is 5.91. The molecule has 0 saturated carbocycles. The fourth-order valence-electron chi connectivity index (χ4n) is 5.33. The van der Waals surface area contributed by atoms with Gasteiger partial charge < -0.3 is 24.6 Å². The number of aromatic nitrogens is 4. The van der Waals surface area contributed by atoms with E-state index in [1.54, 1.807) is 0 Å². The first-order valence-corrected chi connectivity index (χ1v) is 14.1. The second kappa shape index (κ2) is 13.3. The van der Waals surface area contributed by atoms with Gasteiger partial charge in [0.15, 0.2) is 17.5 Å². The predicted molar refractivity (Wildman–Crippen MR) is 160 cm³/mol. The molecule has 5 rings (SSSR count). The number of hydrogen-bond acceptors (Lipinski definition) is 10. The summed E-state index contributed by atoms with van der Waals surface area (Å²) in [4.78, 5) is 21.8. The standard InChI is InChI=1S/C29H41N9O2/c1-5-36(20-24-21-40-18-13-37(24)12-10-30-2)28-26(31-3)29(38-14-16-39-17-15-38)33-27(32-28)23-8-6-7-22(19-23)25-9-11-35(4)34-25/h6-9,11,19,24,30H,3,5,10,12-18,20-21H2,1-2,4H3. The molecule has 2 aliphatic heterocycles. The lowest BCUT2D eigenvalue weighted by Crippen LogP contribution is -2.53. The van der Waals surface area contributed by atoms with Gasteiger partial charge in [0.05, 0.1) is 38.2 Å². The van der Waals surface area contributed by atoms with Gasteiger partial charge in [-0.1, -0.05) is 18.2 Å². The Morgan fingerprint density at radius 2 is 1.90 bits per heavy atom. The van der Waals surface area contributed by atoms with Gasteiger partial charge in [0.25, 0.3) is 0 Å². The van der Waals surface area contributed by atoms with Crippen LogP contribution in [-0.2, 0) is 16.5 Å². The quantitative estimate of drug-likeness (QED) is 0.363. The molecule has 2 aliphatic rings. The number of aryl methyl sites for hydroxylation is 1. The van der Waals surface area contributed by atoms with Crippen LogP contribution >= 0.6 is 0 Å². The molecule has 11 heteroatoms. The summed E-state index contributed by atoms with van der Waals surface area (Å²) >= 11 is 0. The van der Waals surface area contributed by atoms with Crippen LogP contribution in [0.1, 0.15) is 6.92 Å². The van der Waals surface area contributed by atoms with Gasteiger partial charge in [-0.15, -0.1) is 0 Å². The fraction of sp³-hybridized carbons (Fsp3) is 0.517. The van der Waals surface area contributed by atoms with Gasteiger partial charge in [0, 0.05) is 70.2 Å². The summed E-state index contributed by atoms with van der Waals surface area (Å²) in [6, 6.07) is 10.5. The smallest absolute Gasteiger partial charge is 0.164 e. The molecule has 4 heterocycles. The van der Waals surface area contributed by atoms with E-state index in [1.165, 1.54) is 0 Å². The van der Waals surface area contributed by atoms with Crippen molar-refractivity contribution >= 4 is 24.0 Å². The zero-order valence-corrected chi connectivity index (χ0v) is 23.9. The third kappa shape index (κ3) is 6.33. The van der Waals surface area contributed by atoms with Crippen molar-refractivity contribution in [2.24, 2.45) is 12.0 Å². The maximum Gasteiger partial charge on any atom is 0.164 e. The molecule has 214 valence electrons. The molecule has 11 nitrogen and oxygen atoms in total. The van der Waals surface area contributed by atoms with Crippen LogP contribution in [0.5, 0.6) is 0 Å². The SMILES string of the molecule is C=Nc1c(N2CCOCC2)nc(-c2cccc(-c3ccn(C)n3)c2)nc1N(CC)CC1COCCN1CCNC. The van der Waals surface area contributed by atoms with Crippen molar-refractivity contribution in [3.8, 4) is 22.6 Å². The minimum Gasteiger partial charge on any atom is -0.378 e. The molecule has 3 aromatic rings. The molecule has 1 unspecified atom stereocenters. The van der Waals surface area contributed by atoms with E-state index in [0.29, 0.717) is 31.3 Å². The molecule has 0 aliphatic carbocycles. The van der Waals surface area contributed by atoms with E-state index in [2.05, 4.69) is 61.9 Å². The summed E-state index contributed by atoms with van der Waals surface area (Å²) in [5, 5.41) is 7.87. The normalized spacial score (nSPS) is 18.2. The average Bonchev–Trinajstić information content (AvgIpc) is 3.45. The predicted octanol–water partition coefficient (Wildman–Crippen LogP) is 2.46. The molecule has 40 heavy (non-hydrogen) atoms. The molecule has 2 fully saturated rings. The van der Waals surface area contributed by atoms with E-state index in [9.17, 15) is 0 Å². The number of likely N-dealkylation sites (N-methyl/N-ethyl adjacent to an activating group) is 2. The van der Waals surface area contributed by atoms with Gasteiger partial charge in [0.2, 0.25) is 0 Å². The van der Waals surface area contributed by atoms with Gasteiger partial charge in [-0.25, -0.2) is 9.97 Å². The third-order valence-corrected chi connectivity index (χ3v) is 7.56. The van der Waals surface area contributed by atoms with Crippen molar-refractivity contribution in [3.63, 3.8) is 0 Å². The molecule has 2 saturated heterocycles. The summed E-state index contributed by atoms with van der Waals surface area (Å²) in [7, 11) is 3.92. The van der Waals surface area contributed by atoms with E-state index in [4.69, 9.17) is 19.4 Å².